The lowest BCUT2D eigenvalue weighted by Gasteiger charge is -2.09. The van der Waals surface area contributed by atoms with Gasteiger partial charge in [0, 0.05) is 29.0 Å². The maximum Gasteiger partial charge on any atom is 0.255 e. The minimum absolute atomic E-state index is 0.127. The molecule has 4 aromatic rings. The highest BCUT2D eigenvalue weighted by Gasteiger charge is 2.08. The molecule has 3 aromatic carbocycles. The lowest BCUT2D eigenvalue weighted by Crippen LogP contribution is -2.12. The Morgan fingerprint density at radius 1 is 0.875 bits per heavy atom. The van der Waals surface area contributed by atoms with Crippen LogP contribution in [0.1, 0.15) is 10.4 Å². The van der Waals surface area contributed by atoms with E-state index in [2.05, 4.69) is 10.4 Å². The van der Waals surface area contributed by atoms with E-state index >= 15 is 0 Å². The van der Waals surface area contributed by atoms with Gasteiger partial charge in [-0.3, -0.25) is 4.79 Å². The Bertz CT molecular complexity index is 984. The summed E-state index contributed by atoms with van der Waals surface area (Å²) in [7, 11) is 0. The van der Waals surface area contributed by atoms with Crippen molar-refractivity contribution in [3.63, 3.8) is 0 Å². The largest absolute Gasteiger partial charge is 0.321 e. The van der Waals surface area contributed by atoms with Gasteiger partial charge >= 0.3 is 0 Å². The summed E-state index contributed by atoms with van der Waals surface area (Å²) in [6, 6.07) is 23.1. The molecule has 0 aliphatic rings. The molecule has 0 saturated heterocycles. The molecular weight excluding hydrogens is 298 g/mol. The molecule has 0 aliphatic carbocycles. The van der Waals surface area contributed by atoms with Gasteiger partial charge in [0.15, 0.2) is 0 Å². The number of hydrogen-bond acceptors (Lipinski definition) is 2. The van der Waals surface area contributed by atoms with E-state index in [0.717, 1.165) is 22.1 Å². The van der Waals surface area contributed by atoms with Gasteiger partial charge in [0.25, 0.3) is 5.91 Å². The Balaban J connectivity index is 1.60. The third-order valence-electron chi connectivity index (χ3n) is 3.94. The van der Waals surface area contributed by atoms with Gasteiger partial charge in [-0.25, -0.2) is 4.68 Å². The third-order valence-corrected chi connectivity index (χ3v) is 3.94. The monoisotopic (exact) mass is 313 g/mol. The molecule has 0 aliphatic heterocycles. The smallest absolute Gasteiger partial charge is 0.255 e. The lowest BCUT2D eigenvalue weighted by atomic mass is 10.1. The maximum absolute atomic E-state index is 12.5. The van der Waals surface area contributed by atoms with Crippen LogP contribution in [0.2, 0.25) is 0 Å². The van der Waals surface area contributed by atoms with E-state index in [-0.39, 0.29) is 5.91 Å². The fourth-order valence-corrected chi connectivity index (χ4v) is 2.72. The average molecular weight is 313 g/mol. The van der Waals surface area contributed by atoms with Crippen LogP contribution in [0.4, 0.5) is 5.69 Å². The zero-order valence-corrected chi connectivity index (χ0v) is 12.9. The summed E-state index contributed by atoms with van der Waals surface area (Å²) in [5.41, 5.74) is 2.34. The number of nitrogens with zero attached hydrogens (tertiary/aromatic N) is 2. The summed E-state index contributed by atoms with van der Waals surface area (Å²) < 4.78 is 1.76. The van der Waals surface area contributed by atoms with Gasteiger partial charge in [0.2, 0.25) is 0 Å². The highest BCUT2D eigenvalue weighted by molar-refractivity contribution is 6.09. The zero-order chi connectivity index (χ0) is 16.4. The van der Waals surface area contributed by atoms with Gasteiger partial charge in [-0.15, -0.1) is 0 Å². The number of carbonyl (C=O) groups excluding carboxylic acids is 1. The highest BCUT2D eigenvalue weighted by Crippen LogP contribution is 2.23. The van der Waals surface area contributed by atoms with E-state index in [1.165, 1.54) is 0 Å². The predicted octanol–water partition coefficient (Wildman–Crippen LogP) is 4.28. The SMILES string of the molecule is O=C(Nc1cccc2ccccc12)c1ccc(-n2cccn2)cc1. The third kappa shape index (κ3) is 2.65. The quantitative estimate of drug-likeness (QED) is 0.614. The maximum atomic E-state index is 12.5. The van der Waals surface area contributed by atoms with Gasteiger partial charge in [0.05, 0.1) is 5.69 Å². The Morgan fingerprint density at radius 2 is 1.67 bits per heavy atom. The summed E-state index contributed by atoms with van der Waals surface area (Å²) in [6.07, 6.45) is 3.59. The van der Waals surface area contributed by atoms with E-state index in [0.29, 0.717) is 5.56 Å². The van der Waals surface area contributed by atoms with Crippen molar-refractivity contribution in [3.05, 3.63) is 90.8 Å². The average Bonchev–Trinajstić information content (AvgIpc) is 3.17. The van der Waals surface area contributed by atoms with E-state index in [1.54, 1.807) is 23.0 Å². The van der Waals surface area contributed by atoms with Crippen LogP contribution in [0.25, 0.3) is 16.5 Å². The molecule has 0 unspecified atom stereocenters. The standard InChI is InChI=1S/C20H15N3O/c24-20(16-9-11-17(12-10-16)23-14-4-13-21-23)22-19-8-3-6-15-5-1-2-7-18(15)19/h1-14H,(H,22,24). The van der Waals surface area contributed by atoms with Gasteiger partial charge in [-0.2, -0.15) is 5.10 Å². The molecule has 116 valence electrons. The molecule has 1 N–H and O–H groups in total. The van der Waals surface area contributed by atoms with E-state index in [1.807, 2.05) is 66.9 Å². The molecule has 0 radical (unpaired) electrons. The molecular formula is C20H15N3O. The van der Waals surface area contributed by atoms with Crippen LogP contribution in [-0.2, 0) is 0 Å². The first-order valence-corrected chi connectivity index (χ1v) is 7.70. The summed E-state index contributed by atoms with van der Waals surface area (Å²) in [4.78, 5) is 12.5. The second-order valence-corrected chi connectivity index (χ2v) is 5.48. The van der Waals surface area contributed by atoms with E-state index in [4.69, 9.17) is 0 Å². The second kappa shape index (κ2) is 6.01. The molecule has 4 heteroatoms. The number of rotatable bonds is 3. The van der Waals surface area contributed by atoms with E-state index in [9.17, 15) is 4.79 Å². The molecule has 4 rings (SSSR count). The first-order valence-electron chi connectivity index (χ1n) is 7.70. The summed E-state index contributed by atoms with van der Waals surface area (Å²) in [5.74, 6) is -0.127. The van der Waals surface area contributed by atoms with Crippen LogP contribution >= 0.6 is 0 Å². The normalized spacial score (nSPS) is 10.7. The number of hydrogen-bond donors (Lipinski definition) is 1. The van der Waals surface area contributed by atoms with Crippen molar-refractivity contribution in [3.8, 4) is 5.69 Å². The Kier molecular flexibility index (Phi) is 3.56. The van der Waals surface area contributed by atoms with Crippen molar-refractivity contribution in [2.45, 2.75) is 0 Å². The van der Waals surface area contributed by atoms with Crippen LogP contribution in [0.5, 0.6) is 0 Å². The van der Waals surface area contributed by atoms with Gasteiger partial charge < -0.3 is 5.32 Å². The van der Waals surface area contributed by atoms with Crippen LogP contribution in [0.3, 0.4) is 0 Å². The minimum Gasteiger partial charge on any atom is -0.321 e. The lowest BCUT2D eigenvalue weighted by molar-refractivity contribution is 0.102. The predicted molar refractivity (Wildman–Crippen MR) is 95.5 cm³/mol. The van der Waals surface area contributed by atoms with Crippen LogP contribution < -0.4 is 5.32 Å². The van der Waals surface area contributed by atoms with Crippen molar-refractivity contribution >= 4 is 22.4 Å². The number of anilines is 1. The van der Waals surface area contributed by atoms with Crippen molar-refractivity contribution < 1.29 is 4.79 Å². The highest BCUT2D eigenvalue weighted by atomic mass is 16.1. The van der Waals surface area contributed by atoms with Crippen LogP contribution in [0.15, 0.2) is 85.2 Å². The van der Waals surface area contributed by atoms with E-state index < -0.39 is 0 Å². The molecule has 1 aromatic heterocycles. The molecule has 0 atom stereocenters. The van der Waals surface area contributed by atoms with Crippen molar-refractivity contribution in [1.82, 2.24) is 9.78 Å². The first-order chi connectivity index (χ1) is 11.8. The Labute approximate surface area is 139 Å². The summed E-state index contributed by atoms with van der Waals surface area (Å²) in [5, 5.41) is 9.30. The molecule has 0 spiro atoms. The van der Waals surface area contributed by atoms with Gasteiger partial charge in [-0.1, -0.05) is 36.4 Å². The number of amides is 1. The fraction of sp³-hybridized carbons (Fsp3) is 0. The fourth-order valence-electron chi connectivity index (χ4n) is 2.72. The number of fused-ring (bicyclic) bond motifs is 1. The molecule has 1 amide bonds. The molecule has 1 heterocycles. The minimum atomic E-state index is -0.127. The molecule has 0 fully saturated rings. The Hall–Kier alpha value is -3.40. The summed E-state index contributed by atoms with van der Waals surface area (Å²) in [6.45, 7) is 0. The molecule has 4 nitrogen and oxygen atoms in total. The Morgan fingerprint density at radius 3 is 2.46 bits per heavy atom. The summed E-state index contributed by atoms with van der Waals surface area (Å²) >= 11 is 0. The van der Waals surface area contributed by atoms with Crippen molar-refractivity contribution in [1.29, 1.82) is 0 Å². The van der Waals surface area contributed by atoms with Crippen LogP contribution in [-0.4, -0.2) is 15.7 Å². The first kappa shape index (κ1) is 14.2. The molecule has 24 heavy (non-hydrogen) atoms. The number of aromatic nitrogens is 2. The molecule has 0 bridgehead atoms. The zero-order valence-electron chi connectivity index (χ0n) is 12.9. The topological polar surface area (TPSA) is 46.9 Å². The van der Waals surface area contributed by atoms with Crippen molar-refractivity contribution in [2.24, 2.45) is 0 Å². The molecule has 0 saturated carbocycles. The van der Waals surface area contributed by atoms with Gasteiger partial charge in [0.1, 0.15) is 0 Å². The van der Waals surface area contributed by atoms with Crippen LogP contribution in [0, 0.1) is 0 Å². The van der Waals surface area contributed by atoms with Gasteiger partial charge in [-0.05, 0) is 41.8 Å². The number of benzene rings is 3. The number of nitrogens with one attached hydrogen (secondary N) is 1. The second-order valence-electron chi connectivity index (χ2n) is 5.48. The number of carbonyl (C=O) groups is 1. The van der Waals surface area contributed by atoms with Crippen molar-refractivity contribution in [2.75, 3.05) is 5.32 Å².